The lowest BCUT2D eigenvalue weighted by Crippen LogP contribution is -2.30. The van der Waals surface area contributed by atoms with Crippen LogP contribution in [-0.4, -0.2) is 33.7 Å². The van der Waals surface area contributed by atoms with Crippen molar-refractivity contribution in [2.75, 3.05) is 13.1 Å². The average Bonchev–Trinajstić information content (AvgIpc) is 3.02. The van der Waals surface area contributed by atoms with Gasteiger partial charge in [-0.1, -0.05) is 24.3 Å². The lowest BCUT2D eigenvalue weighted by molar-refractivity contribution is -0.130. The van der Waals surface area contributed by atoms with Crippen LogP contribution in [0.2, 0.25) is 0 Å². The molecule has 1 amide bonds. The first kappa shape index (κ1) is 21.6. The maximum absolute atomic E-state index is 12.6. The Balaban J connectivity index is 1.99. The topological polar surface area (TPSA) is 47.4 Å². The van der Waals surface area contributed by atoms with Crippen molar-refractivity contribution < 1.29 is 9.53 Å². The second-order valence-electron chi connectivity index (χ2n) is 7.60. The zero-order valence-electron chi connectivity index (χ0n) is 18.6. The Labute approximate surface area is 179 Å². The summed E-state index contributed by atoms with van der Waals surface area (Å²) >= 11 is 0. The zero-order valence-corrected chi connectivity index (χ0v) is 18.6. The zero-order chi connectivity index (χ0) is 21.7. The average molecular weight is 406 g/mol. The largest absolute Gasteiger partial charge is 0.439 e. The molecular weight excluding hydrogens is 374 g/mol. The third-order valence-electron chi connectivity index (χ3n) is 5.29. The number of ether oxygens (including phenoxy) is 1. The van der Waals surface area contributed by atoms with Crippen LogP contribution in [0.25, 0.3) is 5.69 Å². The molecule has 0 N–H and O–H groups in total. The Hall–Kier alpha value is -3.08. The predicted molar refractivity (Wildman–Crippen MR) is 121 cm³/mol. The summed E-state index contributed by atoms with van der Waals surface area (Å²) < 4.78 is 8.21. The number of hydrogen-bond acceptors (Lipinski definition) is 3. The fraction of sp³-hybridized carbons (Fsp3) is 0.360. The van der Waals surface area contributed by atoms with Crippen LogP contribution in [0.5, 0.6) is 11.6 Å². The van der Waals surface area contributed by atoms with Gasteiger partial charge in [0.15, 0.2) is 0 Å². The number of amides is 1. The van der Waals surface area contributed by atoms with Gasteiger partial charge in [0.2, 0.25) is 11.8 Å². The Morgan fingerprint density at radius 2 is 1.67 bits per heavy atom. The van der Waals surface area contributed by atoms with Gasteiger partial charge in [0.25, 0.3) is 0 Å². The van der Waals surface area contributed by atoms with Crippen molar-refractivity contribution in [2.24, 2.45) is 0 Å². The number of benzene rings is 2. The minimum Gasteiger partial charge on any atom is -0.439 e. The van der Waals surface area contributed by atoms with Gasteiger partial charge in [-0.25, -0.2) is 4.68 Å². The summed E-state index contributed by atoms with van der Waals surface area (Å²) in [5, 5.41) is 4.77. The van der Waals surface area contributed by atoms with Crippen LogP contribution in [-0.2, 0) is 11.2 Å². The number of hydrogen-bond donors (Lipinski definition) is 0. The van der Waals surface area contributed by atoms with E-state index >= 15 is 0 Å². The second kappa shape index (κ2) is 9.61. The van der Waals surface area contributed by atoms with E-state index in [-0.39, 0.29) is 5.91 Å². The molecule has 158 valence electrons. The van der Waals surface area contributed by atoms with Crippen LogP contribution >= 0.6 is 0 Å². The van der Waals surface area contributed by atoms with E-state index < -0.39 is 0 Å². The highest BCUT2D eigenvalue weighted by Gasteiger charge is 2.21. The van der Waals surface area contributed by atoms with Crippen molar-refractivity contribution in [2.45, 2.75) is 47.5 Å². The minimum absolute atomic E-state index is 0.157. The molecule has 0 aliphatic rings. The SMILES string of the molecule is CCN(CC)C(=O)CCc1c(C)nn(-c2cccc(C)c2)c1Oc1cccc(C)c1. The molecule has 0 unspecified atom stereocenters. The van der Waals surface area contributed by atoms with E-state index in [1.54, 1.807) is 0 Å². The molecular formula is C25H31N3O2. The summed E-state index contributed by atoms with van der Waals surface area (Å²) in [6, 6.07) is 16.2. The van der Waals surface area contributed by atoms with Crippen molar-refractivity contribution in [3.05, 3.63) is 70.9 Å². The predicted octanol–water partition coefficient (Wildman–Crippen LogP) is 5.39. The molecule has 0 spiro atoms. The molecule has 3 rings (SSSR count). The van der Waals surface area contributed by atoms with Crippen LogP contribution in [0.1, 0.15) is 42.7 Å². The standard InChI is InChI=1S/C25H31N3O2/c1-6-27(7-2)24(29)15-14-23-20(5)26-28(21-12-8-10-18(3)16-21)25(23)30-22-13-9-11-19(4)17-22/h8-13,16-17H,6-7,14-15H2,1-5H3. The molecule has 0 radical (unpaired) electrons. The summed E-state index contributed by atoms with van der Waals surface area (Å²) in [5.41, 5.74) is 5.08. The smallest absolute Gasteiger partial charge is 0.226 e. The maximum Gasteiger partial charge on any atom is 0.226 e. The minimum atomic E-state index is 0.157. The monoisotopic (exact) mass is 405 g/mol. The molecule has 0 aliphatic heterocycles. The molecule has 1 heterocycles. The van der Waals surface area contributed by atoms with Crippen LogP contribution in [0.4, 0.5) is 0 Å². The van der Waals surface area contributed by atoms with Gasteiger partial charge in [-0.15, -0.1) is 0 Å². The normalized spacial score (nSPS) is 10.8. The summed E-state index contributed by atoms with van der Waals surface area (Å²) in [6.45, 7) is 11.5. The molecule has 5 heteroatoms. The summed E-state index contributed by atoms with van der Waals surface area (Å²) in [6.07, 6.45) is 1.03. The van der Waals surface area contributed by atoms with Gasteiger partial charge in [0, 0.05) is 25.1 Å². The Morgan fingerprint density at radius 3 is 2.30 bits per heavy atom. The fourth-order valence-corrected chi connectivity index (χ4v) is 3.62. The quantitative estimate of drug-likeness (QED) is 0.505. The van der Waals surface area contributed by atoms with E-state index in [1.807, 2.05) is 73.7 Å². The number of nitrogens with zero attached hydrogens (tertiary/aromatic N) is 3. The van der Waals surface area contributed by atoms with Gasteiger partial charge in [-0.2, -0.15) is 5.10 Å². The Morgan fingerprint density at radius 1 is 1.00 bits per heavy atom. The molecule has 5 nitrogen and oxygen atoms in total. The van der Waals surface area contributed by atoms with E-state index in [9.17, 15) is 4.79 Å². The van der Waals surface area contributed by atoms with E-state index in [0.29, 0.717) is 18.7 Å². The summed E-state index contributed by atoms with van der Waals surface area (Å²) in [4.78, 5) is 14.4. The van der Waals surface area contributed by atoms with Crippen molar-refractivity contribution in [3.63, 3.8) is 0 Å². The van der Waals surface area contributed by atoms with Crippen LogP contribution < -0.4 is 4.74 Å². The molecule has 30 heavy (non-hydrogen) atoms. The van der Waals surface area contributed by atoms with Gasteiger partial charge < -0.3 is 9.64 Å². The summed E-state index contributed by atoms with van der Waals surface area (Å²) in [5.74, 6) is 1.60. The van der Waals surface area contributed by atoms with Gasteiger partial charge in [0.1, 0.15) is 5.75 Å². The molecule has 2 aromatic carbocycles. The molecule has 0 saturated heterocycles. The number of aromatic nitrogens is 2. The van der Waals surface area contributed by atoms with Gasteiger partial charge in [-0.3, -0.25) is 4.79 Å². The van der Waals surface area contributed by atoms with Gasteiger partial charge in [-0.05, 0) is 76.4 Å². The van der Waals surface area contributed by atoms with Crippen LogP contribution in [0, 0.1) is 20.8 Å². The molecule has 0 aliphatic carbocycles. The highest BCUT2D eigenvalue weighted by Crippen LogP contribution is 2.32. The molecule has 0 saturated carbocycles. The van der Waals surface area contributed by atoms with Crippen LogP contribution in [0.3, 0.4) is 0 Å². The maximum atomic E-state index is 12.6. The van der Waals surface area contributed by atoms with E-state index in [2.05, 4.69) is 19.1 Å². The number of aryl methyl sites for hydroxylation is 3. The highest BCUT2D eigenvalue weighted by molar-refractivity contribution is 5.76. The third-order valence-corrected chi connectivity index (χ3v) is 5.29. The second-order valence-corrected chi connectivity index (χ2v) is 7.60. The van der Waals surface area contributed by atoms with Crippen LogP contribution in [0.15, 0.2) is 48.5 Å². The number of carbonyl (C=O) groups excluding carboxylic acids is 1. The molecule has 0 bridgehead atoms. The first-order chi connectivity index (χ1) is 14.4. The number of carbonyl (C=O) groups is 1. The van der Waals surface area contributed by atoms with Crippen molar-refractivity contribution in [1.29, 1.82) is 0 Å². The Kier molecular flexibility index (Phi) is 6.93. The van der Waals surface area contributed by atoms with E-state index in [0.717, 1.165) is 46.9 Å². The van der Waals surface area contributed by atoms with Crippen molar-refractivity contribution in [1.82, 2.24) is 14.7 Å². The van der Waals surface area contributed by atoms with Gasteiger partial charge in [0.05, 0.1) is 11.4 Å². The Bertz CT molecular complexity index is 1020. The first-order valence-corrected chi connectivity index (χ1v) is 10.6. The molecule has 1 aromatic heterocycles. The van der Waals surface area contributed by atoms with E-state index in [4.69, 9.17) is 9.84 Å². The first-order valence-electron chi connectivity index (χ1n) is 10.6. The van der Waals surface area contributed by atoms with Gasteiger partial charge >= 0.3 is 0 Å². The van der Waals surface area contributed by atoms with E-state index in [1.165, 1.54) is 0 Å². The van der Waals surface area contributed by atoms with Crippen molar-refractivity contribution >= 4 is 5.91 Å². The summed E-state index contributed by atoms with van der Waals surface area (Å²) in [7, 11) is 0. The lowest BCUT2D eigenvalue weighted by atomic mass is 10.1. The fourth-order valence-electron chi connectivity index (χ4n) is 3.62. The lowest BCUT2D eigenvalue weighted by Gasteiger charge is -2.18. The number of rotatable bonds is 8. The molecule has 0 fully saturated rings. The van der Waals surface area contributed by atoms with Crippen molar-refractivity contribution in [3.8, 4) is 17.3 Å². The third kappa shape index (κ3) is 4.90. The highest BCUT2D eigenvalue weighted by atomic mass is 16.5. The molecule has 0 atom stereocenters. The molecule has 3 aromatic rings.